The van der Waals surface area contributed by atoms with E-state index in [0.29, 0.717) is 6.10 Å². The normalized spacial score (nSPS) is 15.9. The van der Waals surface area contributed by atoms with Crippen molar-refractivity contribution in [2.24, 2.45) is 0 Å². The second-order valence-corrected chi connectivity index (χ2v) is 6.37. The van der Waals surface area contributed by atoms with Gasteiger partial charge in [0.1, 0.15) is 0 Å². The number of hydrogen-bond acceptors (Lipinski definition) is 3. The lowest BCUT2D eigenvalue weighted by Gasteiger charge is -2.31. The maximum absolute atomic E-state index is 6.07. The molecule has 0 aliphatic carbocycles. The molecular weight excluding hydrogens is 298 g/mol. The molecule has 1 fully saturated rings. The summed E-state index contributed by atoms with van der Waals surface area (Å²) >= 11 is 0. The predicted octanol–water partition coefficient (Wildman–Crippen LogP) is 3.79. The van der Waals surface area contributed by atoms with Crippen molar-refractivity contribution in [1.29, 1.82) is 0 Å². The zero-order valence-corrected chi connectivity index (χ0v) is 13.8. The molecule has 0 saturated carbocycles. The maximum atomic E-state index is 6.07. The van der Waals surface area contributed by atoms with E-state index in [1.54, 1.807) is 0 Å². The number of H-pyrrole nitrogens is 1. The van der Waals surface area contributed by atoms with Crippen LogP contribution in [0, 0.1) is 0 Å². The van der Waals surface area contributed by atoms with Gasteiger partial charge in [0.2, 0.25) is 5.95 Å². The van der Waals surface area contributed by atoms with Crippen LogP contribution in [0.1, 0.15) is 18.4 Å². The first-order chi connectivity index (χ1) is 11.9. The molecule has 2 aromatic carbocycles. The molecule has 0 spiro atoms. The SMILES string of the molecule is c1ccc(CCOC2CCN(c3nc4ccccc4[nH]3)CC2)cc1. The Hall–Kier alpha value is -2.33. The number of hydrogen-bond donors (Lipinski definition) is 1. The topological polar surface area (TPSA) is 41.1 Å². The van der Waals surface area contributed by atoms with E-state index in [1.165, 1.54) is 5.56 Å². The fourth-order valence-corrected chi connectivity index (χ4v) is 3.31. The minimum atomic E-state index is 0.370. The number of ether oxygens (including phenoxy) is 1. The molecule has 0 bridgehead atoms. The Bertz CT molecular complexity index is 743. The molecule has 1 aliphatic rings. The van der Waals surface area contributed by atoms with E-state index in [9.17, 15) is 0 Å². The molecule has 124 valence electrons. The smallest absolute Gasteiger partial charge is 0.203 e. The molecule has 0 unspecified atom stereocenters. The molecule has 3 aromatic rings. The summed E-state index contributed by atoms with van der Waals surface area (Å²) in [5, 5.41) is 0. The Morgan fingerprint density at radius 1 is 1.00 bits per heavy atom. The van der Waals surface area contributed by atoms with Crippen molar-refractivity contribution >= 4 is 17.0 Å². The molecule has 4 nitrogen and oxygen atoms in total. The van der Waals surface area contributed by atoms with Crippen LogP contribution in [0.25, 0.3) is 11.0 Å². The van der Waals surface area contributed by atoms with Crippen molar-refractivity contribution in [1.82, 2.24) is 9.97 Å². The third-order valence-corrected chi connectivity index (χ3v) is 4.71. The first kappa shape index (κ1) is 15.2. The first-order valence-electron chi connectivity index (χ1n) is 8.74. The lowest BCUT2D eigenvalue weighted by atomic mass is 10.1. The fraction of sp³-hybridized carbons (Fsp3) is 0.350. The Balaban J connectivity index is 1.27. The van der Waals surface area contributed by atoms with E-state index in [-0.39, 0.29) is 0 Å². The van der Waals surface area contributed by atoms with Crippen molar-refractivity contribution in [3.05, 3.63) is 60.2 Å². The van der Waals surface area contributed by atoms with E-state index >= 15 is 0 Å². The minimum absolute atomic E-state index is 0.370. The molecule has 4 rings (SSSR count). The van der Waals surface area contributed by atoms with Gasteiger partial charge in [-0.2, -0.15) is 0 Å². The highest BCUT2D eigenvalue weighted by Gasteiger charge is 2.21. The summed E-state index contributed by atoms with van der Waals surface area (Å²) in [6, 6.07) is 18.7. The highest BCUT2D eigenvalue weighted by atomic mass is 16.5. The summed E-state index contributed by atoms with van der Waals surface area (Å²) in [6.07, 6.45) is 3.48. The lowest BCUT2D eigenvalue weighted by Crippen LogP contribution is -2.37. The average Bonchev–Trinajstić information content (AvgIpc) is 3.07. The van der Waals surface area contributed by atoms with Crippen LogP contribution < -0.4 is 4.90 Å². The van der Waals surface area contributed by atoms with Crippen LogP contribution in [0.5, 0.6) is 0 Å². The molecular formula is C20H23N3O. The number of benzene rings is 2. The van der Waals surface area contributed by atoms with Crippen molar-refractivity contribution in [2.75, 3.05) is 24.6 Å². The Labute approximate surface area is 142 Å². The number of aromatic nitrogens is 2. The summed E-state index contributed by atoms with van der Waals surface area (Å²) in [5.41, 5.74) is 3.49. The summed E-state index contributed by atoms with van der Waals surface area (Å²) in [6.45, 7) is 2.80. The van der Waals surface area contributed by atoms with Gasteiger partial charge in [-0.1, -0.05) is 42.5 Å². The quantitative estimate of drug-likeness (QED) is 0.777. The van der Waals surface area contributed by atoms with Crippen LogP contribution in [0.4, 0.5) is 5.95 Å². The molecule has 1 aliphatic heterocycles. The van der Waals surface area contributed by atoms with Gasteiger partial charge in [0, 0.05) is 13.1 Å². The van der Waals surface area contributed by atoms with Crippen LogP contribution in [-0.4, -0.2) is 35.8 Å². The van der Waals surface area contributed by atoms with Gasteiger partial charge in [-0.3, -0.25) is 0 Å². The van der Waals surface area contributed by atoms with Crippen molar-refractivity contribution in [3.8, 4) is 0 Å². The molecule has 0 radical (unpaired) electrons. The van der Waals surface area contributed by atoms with Gasteiger partial charge >= 0.3 is 0 Å². The monoisotopic (exact) mass is 321 g/mol. The van der Waals surface area contributed by atoms with Gasteiger partial charge in [-0.15, -0.1) is 0 Å². The van der Waals surface area contributed by atoms with Gasteiger partial charge in [0.15, 0.2) is 0 Å². The zero-order valence-electron chi connectivity index (χ0n) is 13.8. The number of nitrogens with one attached hydrogen (secondary N) is 1. The highest BCUT2D eigenvalue weighted by Crippen LogP contribution is 2.22. The van der Waals surface area contributed by atoms with Crippen LogP contribution in [-0.2, 0) is 11.2 Å². The number of aromatic amines is 1. The number of nitrogens with zero attached hydrogens (tertiary/aromatic N) is 2. The van der Waals surface area contributed by atoms with Gasteiger partial charge in [0.05, 0.1) is 23.7 Å². The molecule has 1 saturated heterocycles. The Kier molecular flexibility index (Phi) is 4.47. The number of para-hydroxylation sites is 2. The van der Waals surface area contributed by atoms with Crippen LogP contribution >= 0.6 is 0 Å². The molecule has 2 heterocycles. The van der Waals surface area contributed by atoms with Crippen LogP contribution in [0.2, 0.25) is 0 Å². The lowest BCUT2D eigenvalue weighted by molar-refractivity contribution is 0.0389. The second kappa shape index (κ2) is 7.05. The van der Waals surface area contributed by atoms with Gasteiger partial charge < -0.3 is 14.6 Å². The standard InChI is InChI=1S/C20H23N3O/c1-2-6-16(7-3-1)12-15-24-17-10-13-23(14-11-17)20-21-18-8-4-5-9-19(18)22-20/h1-9,17H,10-15H2,(H,21,22). The fourth-order valence-electron chi connectivity index (χ4n) is 3.31. The second-order valence-electron chi connectivity index (χ2n) is 6.37. The maximum Gasteiger partial charge on any atom is 0.203 e. The van der Waals surface area contributed by atoms with Crippen molar-refractivity contribution < 1.29 is 4.74 Å². The van der Waals surface area contributed by atoms with E-state index in [1.807, 2.05) is 12.1 Å². The van der Waals surface area contributed by atoms with Crippen molar-refractivity contribution in [2.45, 2.75) is 25.4 Å². The number of imidazole rings is 1. The van der Waals surface area contributed by atoms with E-state index in [2.05, 4.69) is 52.3 Å². The number of piperidine rings is 1. The number of fused-ring (bicyclic) bond motifs is 1. The largest absolute Gasteiger partial charge is 0.378 e. The molecule has 24 heavy (non-hydrogen) atoms. The van der Waals surface area contributed by atoms with Crippen molar-refractivity contribution in [3.63, 3.8) is 0 Å². The number of anilines is 1. The minimum Gasteiger partial charge on any atom is -0.378 e. The Morgan fingerprint density at radius 2 is 1.75 bits per heavy atom. The molecule has 0 amide bonds. The van der Waals surface area contributed by atoms with Gasteiger partial charge in [-0.05, 0) is 37.0 Å². The molecule has 1 N–H and O–H groups in total. The summed E-state index contributed by atoms with van der Waals surface area (Å²) in [5.74, 6) is 0.985. The van der Waals surface area contributed by atoms with E-state index < -0.39 is 0 Å². The predicted molar refractivity (Wildman–Crippen MR) is 97.4 cm³/mol. The summed E-state index contributed by atoms with van der Waals surface area (Å²) < 4.78 is 6.07. The summed E-state index contributed by atoms with van der Waals surface area (Å²) in [7, 11) is 0. The third kappa shape index (κ3) is 3.44. The highest BCUT2D eigenvalue weighted by molar-refractivity contribution is 5.77. The molecule has 1 aromatic heterocycles. The zero-order chi connectivity index (χ0) is 16.2. The average molecular weight is 321 g/mol. The van der Waals surface area contributed by atoms with E-state index in [0.717, 1.165) is 55.9 Å². The molecule has 4 heteroatoms. The number of rotatable bonds is 5. The van der Waals surface area contributed by atoms with Crippen LogP contribution in [0.15, 0.2) is 54.6 Å². The van der Waals surface area contributed by atoms with E-state index in [4.69, 9.17) is 9.72 Å². The van der Waals surface area contributed by atoms with Crippen LogP contribution in [0.3, 0.4) is 0 Å². The molecule has 0 atom stereocenters. The van der Waals surface area contributed by atoms with Gasteiger partial charge in [-0.25, -0.2) is 4.98 Å². The van der Waals surface area contributed by atoms with Gasteiger partial charge in [0.25, 0.3) is 0 Å². The summed E-state index contributed by atoms with van der Waals surface area (Å²) in [4.78, 5) is 10.4. The first-order valence-corrected chi connectivity index (χ1v) is 8.74. The third-order valence-electron chi connectivity index (χ3n) is 4.71. The Morgan fingerprint density at radius 3 is 2.54 bits per heavy atom.